The van der Waals surface area contributed by atoms with Crippen LogP contribution in [0, 0.1) is 17.0 Å². The van der Waals surface area contributed by atoms with Crippen molar-refractivity contribution in [3.63, 3.8) is 0 Å². The van der Waals surface area contributed by atoms with Crippen LogP contribution >= 0.6 is 22.9 Å². The highest BCUT2D eigenvalue weighted by molar-refractivity contribution is 7.07. The largest absolute Gasteiger partial charge is 0.463 e. The maximum atomic E-state index is 13.5. The van der Waals surface area contributed by atoms with Gasteiger partial charge in [-0.1, -0.05) is 47.2 Å². The Morgan fingerprint density at radius 1 is 1.26 bits per heavy atom. The average molecular weight is 498 g/mol. The van der Waals surface area contributed by atoms with Crippen molar-refractivity contribution >= 4 is 40.7 Å². The Hall–Kier alpha value is -3.56. The minimum Gasteiger partial charge on any atom is -0.463 e. The summed E-state index contributed by atoms with van der Waals surface area (Å²) in [4.78, 5) is 42.5. The van der Waals surface area contributed by atoms with Crippen molar-refractivity contribution in [2.24, 2.45) is 4.99 Å². The van der Waals surface area contributed by atoms with Gasteiger partial charge >= 0.3 is 5.97 Å². The van der Waals surface area contributed by atoms with Gasteiger partial charge in [0.25, 0.3) is 11.2 Å². The predicted molar refractivity (Wildman–Crippen MR) is 130 cm³/mol. The van der Waals surface area contributed by atoms with Crippen molar-refractivity contribution in [3.8, 4) is 0 Å². The van der Waals surface area contributed by atoms with Gasteiger partial charge in [-0.15, -0.1) is 0 Å². The van der Waals surface area contributed by atoms with E-state index in [2.05, 4.69) is 4.99 Å². The van der Waals surface area contributed by atoms with Crippen molar-refractivity contribution in [3.05, 3.63) is 105 Å². The SMILES string of the molecule is CCOC(=O)C1=C(C)N=c2s/c(=C/c3ccc(Cl)cc3)c(=O)n2[C@@H]1c1ccc(C)c([N+](=O)[O-])c1. The van der Waals surface area contributed by atoms with Crippen molar-refractivity contribution in [1.29, 1.82) is 0 Å². The van der Waals surface area contributed by atoms with E-state index >= 15 is 0 Å². The maximum absolute atomic E-state index is 13.5. The second-order valence-corrected chi connectivity index (χ2v) is 9.10. The predicted octanol–water partition coefficient (Wildman–Crippen LogP) is 3.67. The molecule has 2 heterocycles. The molecule has 0 amide bonds. The van der Waals surface area contributed by atoms with Gasteiger partial charge in [-0.25, -0.2) is 9.79 Å². The lowest BCUT2D eigenvalue weighted by Crippen LogP contribution is -2.40. The standard InChI is InChI=1S/C24H20ClN3O5S/c1-4-33-23(30)20-14(3)26-24-27(21(20)16-8-5-13(2)18(12-16)28(31)32)22(29)19(34-24)11-15-6-9-17(25)10-7-15/h5-12,21H,4H2,1-3H3/b19-11+/t21-/m1/s1. The van der Waals surface area contributed by atoms with Crippen LogP contribution in [0.3, 0.4) is 0 Å². The number of nitrogens with zero attached hydrogens (tertiary/aromatic N) is 3. The molecule has 1 aliphatic heterocycles. The lowest BCUT2D eigenvalue weighted by Gasteiger charge is -2.24. The number of aromatic nitrogens is 1. The van der Waals surface area contributed by atoms with Gasteiger partial charge in [-0.05, 0) is 50.1 Å². The first-order valence-electron chi connectivity index (χ1n) is 10.4. The molecule has 0 saturated carbocycles. The van der Waals surface area contributed by atoms with E-state index in [1.165, 1.54) is 22.0 Å². The quantitative estimate of drug-likeness (QED) is 0.304. The highest BCUT2D eigenvalue weighted by Crippen LogP contribution is 2.33. The fourth-order valence-electron chi connectivity index (χ4n) is 3.81. The van der Waals surface area contributed by atoms with Crippen LogP contribution < -0.4 is 14.9 Å². The maximum Gasteiger partial charge on any atom is 0.338 e. The molecule has 0 bridgehead atoms. The Kier molecular flexibility index (Phi) is 6.49. The average Bonchev–Trinajstić information content (AvgIpc) is 3.09. The number of nitro groups is 1. The highest BCUT2D eigenvalue weighted by atomic mass is 35.5. The monoisotopic (exact) mass is 497 g/mol. The van der Waals surface area contributed by atoms with Crippen LogP contribution in [0.2, 0.25) is 5.02 Å². The van der Waals surface area contributed by atoms with E-state index in [1.54, 1.807) is 63.2 Å². The Morgan fingerprint density at radius 2 is 1.97 bits per heavy atom. The molecule has 0 radical (unpaired) electrons. The summed E-state index contributed by atoms with van der Waals surface area (Å²) >= 11 is 7.14. The van der Waals surface area contributed by atoms with Gasteiger partial charge in [0.2, 0.25) is 0 Å². The van der Waals surface area contributed by atoms with Gasteiger partial charge in [0.05, 0.1) is 33.4 Å². The smallest absolute Gasteiger partial charge is 0.338 e. The topological polar surface area (TPSA) is 104 Å². The molecule has 34 heavy (non-hydrogen) atoms. The lowest BCUT2D eigenvalue weighted by atomic mass is 9.94. The molecule has 8 nitrogen and oxygen atoms in total. The van der Waals surface area contributed by atoms with Gasteiger partial charge in [0, 0.05) is 16.7 Å². The van der Waals surface area contributed by atoms with Crippen molar-refractivity contribution < 1.29 is 14.5 Å². The van der Waals surface area contributed by atoms with E-state index in [4.69, 9.17) is 16.3 Å². The number of rotatable bonds is 5. The number of ether oxygens (including phenoxy) is 1. The molecule has 1 atom stereocenters. The molecule has 174 valence electrons. The van der Waals surface area contributed by atoms with E-state index in [1.807, 2.05) is 0 Å². The highest BCUT2D eigenvalue weighted by Gasteiger charge is 2.34. The van der Waals surface area contributed by atoms with Crippen LogP contribution in [0.25, 0.3) is 6.08 Å². The fourth-order valence-corrected chi connectivity index (χ4v) is 4.98. The number of carbonyl (C=O) groups excluding carboxylic acids is 1. The third kappa shape index (κ3) is 4.32. The number of halogens is 1. The molecule has 10 heteroatoms. The molecule has 3 aromatic rings. The molecule has 2 aromatic carbocycles. The molecule has 0 unspecified atom stereocenters. The number of benzene rings is 2. The number of hydrogen-bond acceptors (Lipinski definition) is 7. The van der Waals surface area contributed by atoms with Crippen molar-refractivity contribution in [2.45, 2.75) is 26.8 Å². The van der Waals surface area contributed by atoms with Crippen LogP contribution in [0.5, 0.6) is 0 Å². The molecule has 0 spiro atoms. The summed E-state index contributed by atoms with van der Waals surface area (Å²) in [5.41, 5.74) is 1.78. The minimum absolute atomic E-state index is 0.0985. The Bertz CT molecular complexity index is 1520. The Balaban J connectivity index is 1.98. The first-order valence-corrected chi connectivity index (χ1v) is 11.6. The number of hydrogen-bond donors (Lipinski definition) is 0. The zero-order valence-electron chi connectivity index (χ0n) is 18.6. The molecular weight excluding hydrogens is 478 g/mol. The fraction of sp³-hybridized carbons (Fsp3) is 0.208. The third-order valence-corrected chi connectivity index (χ3v) is 6.67. The molecule has 4 rings (SSSR count). The van der Waals surface area contributed by atoms with Crippen LogP contribution in [-0.4, -0.2) is 22.1 Å². The van der Waals surface area contributed by atoms with E-state index in [0.717, 1.165) is 5.56 Å². The molecule has 1 aliphatic rings. The Labute approximate surface area is 203 Å². The molecule has 1 aromatic heterocycles. The second kappa shape index (κ2) is 9.36. The molecule has 0 N–H and O–H groups in total. The number of allylic oxidation sites excluding steroid dienone is 1. The number of esters is 1. The number of thiazole rings is 1. The first kappa shape index (κ1) is 23.6. The normalized spacial score (nSPS) is 15.6. The summed E-state index contributed by atoms with van der Waals surface area (Å²) < 4.78 is 7.06. The van der Waals surface area contributed by atoms with E-state index in [-0.39, 0.29) is 23.4 Å². The van der Waals surface area contributed by atoms with Gasteiger partial charge in [-0.3, -0.25) is 19.5 Å². The number of aryl methyl sites for hydroxylation is 1. The summed E-state index contributed by atoms with van der Waals surface area (Å²) in [5.74, 6) is -0.621. The van der Waals surface area contributed by atoms with Crippen LogP contribution in [0.1, 0.15) is 36.6 Å². The van der Waals surface area contributed by atoms with Gasteiger partial charge in [-0.2, -0.15) is 0 Å². The van der Waals surface area contributed by atoms with Gasteiger partial charge in [0.1, 0.15) is 0 Å². The molecule has 0 saturated heterocycles. The first-order chi connectivity index (χ1) is 16.2. The molecule has 0 fully saturated rings. The van der Waals surface area contributed by atoms with E-state index in [9.17, 15) is 19.7 Å². The van der Waals surface area contributed by atoms with E-state index < -0.39 is 16.9 Å². The minimum atomic E-state index is -0.915. The summed E-state index contributed by atoms with van der Waals surface area (Å²) in [6.07, 6.45) is 1.72. The summed E-state index contributed by atoms with van der Waals surface area (Å²) in [5, 5.41) is 12.2. The summed E-state index contributed by atoms with van der Waals surface area (Å²) in [7, 11) is 0. The van der Waals surface area contributed by atoms with Crippen LogP contribution in [-0.2, 0) is 9.53 Å². The second-order valence-electron chi connectivity index (χ2n) is 7.66. The number of fused-ring (bicyclic) bond motifs is 1. The zero-order valence-corrected chi connectivity index (χ0v) is 20.1. The van der Waals surface area contributed by atoms with Crippen LogP contribution in [0.4, 0.5) is 5.69 Å². The summed E-state index contributed by atoms with van der Waals surface area (Å²) in [6.45, 7) is 5.11. The molecule has 0 aliphatic carbocycles. The Morgan fingerprint density at radius 3 is 2.62 bits per heavy atom. The van der Waals surface area contributed by atoms with Gasteiger partial charge < -0.3 is 4.74 Å². The number of nitro benzene ring substituents is 1. The summed E-state index contributed by atoms with van der Waals surface area (Å²) in [6, 6.07) is 10.8. The zero-order chi connectivity index (χ0) is 24.6. The number of carbonyl (C=O) groups is 1. The van der Waals surface area contributed by atoms with Crippen molar-refractivity contribution in [2.75, 3.05) is 6.61 Å². The third-order valence-electron chi connectivity index (χ3n) is 5.43. The van der Waals surface area contributed by atoms with Crippen LogP contribution in [0.15, 0.2) is 63.5 Å². The van der Waals surface area contributed by atoms with E-state index in [0.29, 0.717) is 31.2 Å². The lowest BCUT2D eigenvalue weighted by molar-refractivity contribution is -0.385. The van der Waals surface area contributed by atoms with Crippen molar-refractivity contribution in [1.82, 2.24) is 4.57 Å². The molecular formula is C24H20ClN3O5S. The van der Waals surface area contributed by atoms with Gasteiger partial charge in [0.15, 0.2) is 4.80 Å².